The monoisotopic (exact) mass is 295 g/mol. The van der Waals surface area contributed by atoms with Crippen molar-refractivity contribution in [2.45, 2.75) is 26.3 Å². The standard InChI is InChI=1S/C15H21NOS2/c1-15(2,7-8-17)11-16-14(12-5-3-9-18-12)13-6-4-10-19-13/h3-6,9-10,14,16-17H,7-8,11H2,1-2H3. The molecule has 2 rings (SSSR count). The van der Waals surface area contributed by atoms with Gasteiger partial charge in [-0.1, -0.05) is 26.0 Å². The molecule has 0 bridgehead atoms. The van der Waals surface area contributed by atoms with E-state index in [2.05, 4.69) is 54.2 Å². The van der Waals surface area contributed by atoms with E-state index < -0.39 is 0 Å². The van der Waals surface area contributed by atoms with Gasteiger partial charge in [0.15, 0.2) is 0 Å². The Morgan fingerprint density at radius 3 is 2.16 bits per heavy atom. The van der Waals surface area contributed by atoms with Gasteiger partial charge >= 0.3 is 0 Å². The van der Waals surface area contributed by atoms with Crippen molar-refractivity contribution in [3.05, 3.63) is 44.8 Å². The molecule has 2 heterocycles. The van der Waals surface area contributed by atoms with Crippen molar-refractivity contribution < 1.29 is 5.11 Å². The van der Waals surface area contributed by atoms with Gasteiger partial charge in [0, 0.05) is 22.9 Å². The summed E-state index contributed by atoms with van der Waals surface area (Å²) in [6.45, 7) is 5.53. The SMILES string of the molecule is CC(C)(CCO)CNC(c1cccs1)c1cccs1. The zero-order valence-electron chi connectivity index (χ0n) is 11.4. The number of thiophene rings is 2. The van der Waals surface area contributed by atoms with Gasteiger partial charge in [0.05, 0.1) is 6.04 Å². The Hall–Kier alpha value is -0.680. The van der Waals surface area contributed by atoms with Gasteiger partial charge in [-0.25, -0.2) is 0 Å². The fourth-order valence-electron chi connectivity index (χ4n) is 2.02. The van der Waals surface area contributed by atoms with Crippen LogP contribution in [0.5, 0.6) is 0 Å². The molecule has 0 unspecified atom stereocenters. The molecule has 0 fully saturated rings. The molecular formula is C15H21NOS2. The van der Waals surface area contributed by atoms with Crippen LogP contribution in [-0.2, 0) is 0 Å². The number of hydrogen-bond acceptors (Lipinski definition) is 4. The molecule has 0 aliphatic rings. The topological polar surface area (TPSA) is 32.3 Å². The molecule has 0 aliphatic carbocycles. The molecule has 19 heavy (non-hydrogen) atoms. The average molecular weight is 295 g/mol. The number of nitrogens with one attached hydrogen (secondary N) is 1. The number of rotatable bonds is 7. The quantitative estimate of drug-likeness (QED) is 0.812. The van der Waals surface area contributed by atoms with Crippen LogP contribution in [0.1, 0.15) is 36.1 Å². The van der Waals surface area contributed by atoms with Crippen LogP contribution < -0.4 is 5.32 Å². The smallest absolute Gasteiger partial charge is 0.0765 e. The highest BCUT2D eigenvalue weighted by molar-refractivity contribution is 7.11. The summed E-state index contributed by atoms with van der Waals surface area (Å²) in [6, 6.07) is 8.84. The average Bonchev–Trinajstić information content (AvgIpc) is 3.01. The second kappa shape index (κ2) is 6.66. The van der Waals surface area contributed by atoms with Gasteiger partial charge in [-0.15, -0.1) is 22.7 Å². The molecule has 0 spiro atoms. The lowest BCUT2D eigenvalue weighted by Crippen LogP contribution is -2.33. The summed E-state index contributed by atoms with van der Waals surface area (Å²) in [7, 11) is 0. The highest BCUT2D eigenvalue weighted by atomic mass is 32.1. The number of aliphatic hydroxyl groups is 1. The Kier molecular flexibility index (Phi) is 5.16. The molecule has 4 heteroatoms. The first-order valence-electron chi connectivity index (χ1n) is 6.53. The Balaban J connectivity index is 2.08. The Morgan fingerprint density at radius 2 is 1.74 bits per heavy atom. The Morgan fingerprint density at radius 1 is 1.16 bits per heavy atom. The lowest BCUT2D eigenvalue weighted by atomic mass is 9.89. The molecule has 2 N–H and O–H groups in total. The molecule has 0 radical (unpaired) electrons. The molecule has 2 aromatic rings. The predicted molar refractivity (Wildman–Crippen MR) is 84.0 cm³/mol. The van der Waals surface area contributed by atoms with Crippen LogP contribution in [0.3, 0.4) is 0 Å². The van der Waals surface area contributed by atoms with Crippen molar-refractivity contribution in [2.75, 3.05) is 13.2 Å². The first-order valence-corrected chi connectivity index (χ1v) is 8.29. The van der Waals surface area contributed by atoms with Crippen LogP contribution in [0.25, 0.3) is 0 Å². The maximum absolute atomic E-state index is 9.11. The zero-order valence-corrected chi connectivity index (χ0v) is 13.1. The molecule has 0 saturated heterocycles. The number of aliphatic hydroxyl groups excluding tert-OH is 1. The minimum Gasteiger partial charge on any atom is -0.396 e. The second-order valence-corrected chi connectivity index (χ2v) is 7.44. The highest BCUT2D eigenvalue weighted by Gasteiger charge is 2.22. The fraction of sp³-hybridized carbons (Fsp3) is 0.467. The Labute approximate surface area is 123 Å². The van der Waals surface area contributed by atoms with Crippen LogP contribution in [0.15, 0.2) is 35.0 Å². The molecule has 0 amide bonds. The van der Waals surface area contributed by atoms with E-state index in [9.17, 15) is 0 Å². The van der Waals surface area contributed by atoms with Gasteiger partial charge in [-0.2, -0.15) is 0 Å². The summed E-state index contributed by atoms with van der Waals surface area (Å²) in [5, 5.41) is 17.0. The van der Waals surface area contributed by atoms with E-state index in [1.54, 1.807) is 22.7 Å². The van der Waals surface area contributed by atoms with Crippen LogP contribution in [0.2, 0.25) is 0 Å². The van der Waals surface area contributed by atoms with E-state index in [1.165, 1.54) is 9.75 Å². The molecule has 0 atom stereocenters. The summed E-state index contributed by atoms with van der Waals surface area (Å²) in [4.78, 5) is 2.70. The van der Waals surface area contributed by atoms with E-state index in [4.69, 9.17) is 5.11 Å². The molecule has 0 aliphatic heterocycles. The van der Waals surface area contributed by atoms with E-state index >= 15 is 0 Å². The lowest BCUT2D eigenvalue weighted by molar-refractivity contribution is 0.205. The third-order valence-corrected chi connectivity index (χ3v) is 5.10. The first-order chi connectivity index (χ1) is 9.12. The normalized spacial score (nSPS) is 12.2. The molecule has 0 saturated carbocycles. The van der Waals surface area contributed by atoms with E-state index in [0.29, 0.717) is 0 Å². The van der Waals surface area contributed by atoms with Gasteiger partial charge in [-0.3, -0.25) is 0 Å². The summed E-state index contributed by atoms with van der Waals surface area (Å²) in [6.07, 6.45) is 0.821. The lowest BCUT2D eigenvalue weighted by Gasteiger charge is -2.27. The maximum atomic E-state index is 9.11. The van der Waals surface area contributed by atoms with Crippen LogP contribution in [-0.4, -0.2) is 18.3 Å². The molecular weight excluding hydrogens is 274 g/mol. The summed E-state index contributed by atoms with van der Waals surface area (Å²) >= 11 is 3.58. The highest BCUT2D eigenvalue weighted by Crippen LogP contribution is 2.30. The first kappa shape index (κ1) is 14.7. The van der Waals surface area contributed by atoms with Crippen LogP contribution in [0.4, 0.5) is 0 Å². The van der Waals surface area contributed by atoms with E-state index in [1.807, 2.05) is 0 Å². The minimum absolute atomic E-state index is 0.113. The zero-order chi connectivity index (χ0) is 13.7. The van der Waals surface area contributed by atoms with Crippen molar-refractivity contribution in [2.24, 2.45) is 5.41 Å². The van der Waals surface area contributed by atoms with Crippen molar-refractivity contribution >= 4 is 22.7 Å². The third-order valence-electron chi connectivity index (χ3n) is 3.23. The minimum atomic E-state index is 0.113. The number of hydrogen-bond donors (Lipinski definition) is 2. The molecule has 0 aromatic carbocycles. The van der Waals surface area contributed by atoms with Gasteiger partial charge in [0.25, 0.3) is 0 Å². The summed E-state index contributed by atoms with van der Waals surface area (Å²) < 4.78 is 0. The maximum Gasteiger partial charge on any atom is 0.0765 e. The van der Waals surface area contributed by atoms with E-state index in [0.717, 1.165) is 13.0 Å². The Bertz CT molecular complexity index is 428. The van der Waals surface area contributed by atoms with Crippen molar-refractivity contribution in [1.82, 2.24) is 5.32 Å². The van der Waals surface area contributed by atoms with Crippen molar-refractivity contribution in [3.8, 4) is 0 Å². The van der Waals surface area contributed by atoms with Gasteiger partial charge < -0.3 is 10.4 Å². The third kappa shape index (κ3) is 4.14. The second-order valence-electron chi connectivity index (χ2n) is 5.48. The van der Waals surface area contributed by atoms with Crippen molar-refractivity contribution in [3.63, 3.8) is 0 Å². The molecule has 2 nitrogen and oxygen atoms in total. The molecule has 2 aromatic heterocycles. The molecule has 104 valence electrons. The fourth-order valence-corrected chi connectivity index (χ4v) is 3.73. The predicted octanol–water partition coefficient (Wildman–Crippen LogP) is 3.90. The van der Waals surface area contributed by atoms with Gasteiger partial charge in [0.1, 0.15) is 0 Å². The van der Waals surface area contributed by atoms with Crippen LogP contribution in [0, 0.1) is 5.41 Å². The van der Waals surface area contributed by atoms with E-state index in [-0.39, 0.29) is 18.1 Å². The van der Waals surface area contributed by atoms with Gasteiger partial charge in [-0.05, 0) is 34.7 Å². The largest absolute Gasteiger partial charge is 0.396 e. The summed E-state index contributed by atoms with van der Waals surface area (Å²) in [5.74, 6) is 0. The van der Waals surface area contributed by atoms with Gasteiger partial charge in [0.2, 0.25) is 0 Å². The van der Waals surface area contributed by atoms with Crippen LogP contribution >= 0.6 is 22.7 Å². The summed E-state index contributed by atoms with van der Waals surface area (Å²) in [5.41, 5.74) is 0.113. The van der Waals surface area contributed by atoms with Crippen molar-refractivity contribution in [1.29, 1.82) is 0 Å².